The molecule has 11 heavy (non-hydrogen) atoms. The van der Waals surface area contributed by atoms with E-state index in [1.807, 2.05) is 0 Å². The SMILES string of the molecule is C=CCOC.C=CCOC.S. The highest BCUT2D eigenvalue weighted by Crippen LogP contribution is 1.61. The van der Waals surface area contributed by atoms with Crippen LogP contribution in [0, 0.1) is 0 Å². The molecule has 0 atom stereocenters. The molecule has 0 amide bonds. The van der Waals surface area contributed by atoms with Crippen molar-refractivity contribution in [3.05, 3.63) is 25.3 Å². The molecule has 0 aromatic rings. The molecule has 0 aromatic carbocycles. The third-order valence-electron chi connectivity index (χ3n) is 0.569. The molecule has 0 unspecified atom stereocenters. The van der Waals surface area contributed by atoms with Crippen molar-refractivity contribution in [1.82, 2.24) is 0 Å². The Kier molecular flexibility index (Phi) is 34.9. The van der Waals surface area contributed by atoms with Gasteiger partial charge in [0.15, 0.2) is 0 Å². The number of hydrogen-bond donors (Lipinski definition) is 0. The summed E-state index contributed by atoms with van der Waals surface area (Å²) in [6.07, 6.45) is 3.42. The van der Waals surface area contributed by atoms with E-state index in [-0.39, 0.29) is 13.5 Å². The number of hydrogen-bond acceptors (Lipinski definition) is 2. The second kappa shape index (κ2) is 22.6. The summed E-state index contributed by atoms with van der Waals surface area (Å²) >= 11 is 0. The Labute approximate surface area is 76.3 Å². The second-order valence-electron chi connectivity index (χ2n) is 1.49. The summed E-state index contributed by atoms with van der Waals surface area (Å²) < 4.78 is 9.15. The molecule has 0 bridgehead atoms. The highest BCUT2D eigenvalue weighted by Gasteiger charge is 1.58. The van der Waals surface area contributed by atoms with E-state index in [4.69, 9.17) is 0 Å². The Hall–Kier alpha value is -0.250. The molecule has 2 nitrogen and oxygen atoms in total. The number of methoxy groups -OCH3 is 2. The van der Waals surface area contributed by atoms with Crippen molar-refractivity contribution in [2.75, 3.05) is 27.4 Å². The minimum Gasteiger partial charge on any atom is -0.381 e. The Morgan fingerprint density at radius 1 is 1.00 bits per heavy atom. The maximum Gasteiger partial charge on any atom is 0.0641 e. The van der Waals surface area contributed by atoms with Crippen LogP contribution in [-0.2, 0) is 9.47 Å². The zero-order chi connectivity index (χ0) is 8.24. The molecule has 0 aliphatic carbocycles. The fraction of sp³-hybridized carbons (Fsp3) is 0.500. The van der Waals surface area contributed by atoms with E-state index < -0.39 is 0 Å². The van der Waals surface area contributed by atoms with Gasteiger partial charge in [0.2, 0.25) is 0 Å². The third kappa shape index (κ3) is 41.6. The van der Waals surface area contributed by atoms with Crippen molar-refractivity contribution < 1.29 is 9.47 Å². The van der Waals surface area contributed by atoms with Gasteiger partial charge in [0.25, 0.3) is 0 Å². The molecule has 0 rings (SSSR count). The predicted molar refractivity (Wildman–Crippen MR) is 54.5 cm³/mol. The fourth-order valence-electron chi connectivity index (χ4n) is 0.236. The molecule has 0 aliphatic heterocycles. The van der Waals surface area contributed by atoms with Crippen LogP contribution in [0.5, 0.6) is 0 Å². The fourth-order valence-corrected chi connectivity index (χ4v) is 0.236. The number of ether oxygens (including phenoxy) is 2. The van der Waals surface area contributed by atoms with E-state index >= 15 is 0 Å². The predicted octanol–water partition coefficient (Wildman–Crippen LogP) is 1.75. The zero-order valence-electron chi connectivity index (χ0n) is 7.30. The van der Waals surface area contributed by atoms with Crippen LogP contribution in [0.25, 0.3) is 0 Å². The van der Waals surface area contributed by atoms with Gasteiger partial charge in [-0.1, -0.05) is 12.2 Å². The normalized spacial score (nSPS) is 6.73. The molecular weight excluding hydrogens is 160 g/mol. The lowest BCUT2D eigenvalue weighted by molar-refractivity contribution is 0.234. The molecule has 0 aliphatic rings. The monoisotopic (exact) mass is 178 g/mol. The van der Waals surface area contributed by atoms with Crippen LogP contribution >= 0.6 is 13.5 Å². The van der Waals surface area contributed by atoms with Gasteiger partial charge in [-0.3, -0.25) is 0 Å². The van der Waals surface area contributed by atoms with E-state index in [0.717, 1.165) is 0 Å². The van der Waals surface area contributed by atoms with Gasteiger partial charge in [-0.25, -0.2) is 0 Å². The van der Waals surface area contributed by atoms with Gasteiger partial charge in [-0.2, -0.15) is 13.5 Å². The first-order valence-electron chi connectivity index (χ1n) is 3.03. The first-order valence-corrected chi connectivity index (χ1v) is 3.03. The lowest BCUT2D eigenvalue weighted by atomic mass is 10.7. The molecule has 3 heteroatoms. The van der Waals surface area contributed by atoms with E-state index in [9.17, 15) is 0 Å². The van der Waals surface area contributed by atoms with Gasteiger partial charge in [-0.15, -0.1) is 13.2 Å². The van der Waals surface area contributed by atoms with Crippen LogP contribution in [0.15, 0.2) is 25.3 Å². The van der Waals surface area contributed by atoms with Gasteiger partial charge < -0.3 is 9.47 Å². The molecule has 0 aromatic heterocycles. The lowest BCUT2D eigenvalue weighted by Crippen LogP contribution is -1.76. The molecule has 68 valence electrons. The zero-order valence-corrected chi connectivity index (χ0v) is 8.30. The molecule has 0 radical (unpaired) electrons. The minimum atomic E-state index is 0. The van der Waals surface area contributed by atoms with Crippen molar-refractivity contribution >= 4 is 13.5 Å². The van der Waals surface area contributed by atoms with E-state index in [1.54, 1.807) is 26.4 Å². The van der Waals surface area contributed by atoms with Gasteiger partial charge in [0.05, 0.1) is 13.2 Å². The summed E-state index contributed by atoms with van der Waals surface area (Å²) in [7, 11) is 3.28. The van der Waals surface area contributed by atoms with E-state index in [0.29, 0.717) is 13.2 Å². The average molecular weight is 178 g/mol. The molecule has 0 fully saturated rings. The van der Waals surface area contributed by atoms with Crippen LogP contribution in [-0.4, -0.2) is 27.4 Å². The maximum atomic E-state index is 4.57. The Morgan fingerprint density at radius 2 is 1.27 bits per heavy atom. The topological polar surface area (TPSA) is 18.5 Å². The quantitative estimate of drug-likeness (QED) is 0.611. The van der Waals surface area contributed by atoms with Crippen molar-refractivity contribution in [2.24, 2.45) is 0 Å². The van der Waals surface area contributed by atoms with E-state index in [1.165, 1.54) is 0 Å². The largest absolute Gasteiger partial charge is 0.381 e. The van der Waals surface area contributed by atoms with Crippen LogP contribution in [0.3, 0.4) is 0 Å². The first-order chi connectivity index (χ1) is 4.83. The average Bonchev–Trinajstić information content (AvgIpc) is 1.93. The van der Waals surface area contributed by atoms with Crippen LogP contribution in [0.4, 0.5) is 0 Å². The Bertz CT molecular complexity index is 64.5. The summed E-state index contributed by atoms with van der Waals surface area (Å²) in [6.45, 7) is 8.16. The van der Waals surface area contributed by atoms with Gasteiger partial charge in [0, 0.05) is 14.2 Å². The molecule has 0 saturated carbocycles. The van der Waals surface area contributed by atoms with Crippen LogP contribution in [0.2, 0.25) is 0 Å². The van der Waals surface area contributed by atoms with Crippen LogP contribution in [0.1, 0.15) is 0 Å². The summed E-state index contributed by atoms with van der Waals surface area (Å²) in [6, 6.07) is 0. The van der Waals surface area contributed by atoms with Gasteiger partial charge >= 0.3 is 0 Å². The molecule has 0 N–H and O–H groups in total. The summed E-state index contributed by atoms with van der Waals surface area (Å²) in [5.41, 5.74) is 0. The molecule has 0 heterocycles. The highest BCUT2D eigenvalue weighted by molar-refractivity contribution is 7.59. The molecule has 0 spiro atoms. The van der Waals surface area contributed by atoms with Crippen molar-refractivity contribution in [3.8, 4) is 0 Å². The second-order valence-corrected chi connectivity index (χ2v) is 1.49. The number of rotatable bonds is 4. The maximum absolute atomic E-state index is 4.57. The van der Waals surface area contributed by atoms with E-state index in [2.05, 4.69) is 22.6 Å². The highest BCUT2D eigenvalue weighted by atomic mass is 32.1. The lowest BCUT2D eigenvalue weighted by Gasteiger charge is -1.79. The smallest absolute Gasteiger partial charge is 0.0641 e. The molecular formula is C8H18O2S. The third-order valence-corrected chi connectivity index (χ3v) is 0.569. The van der Waals surface area contributed by atoms with Crippen molar-refractivity contribution in [1.29, 1.82) is 0 Å². The summed E-state index contributed by atoms with van der Waals surface area (Å²) in [4.78, 5) is 0. The Morgan fingerprint density at radius 3 is 1.27 bits per heavy atom. The molecule has 0 saturated heterocycles. The standard InChI is InChI=1S/2C4H8O.H2S/c2*1-3-4-5-2;/h2*3H,1,4H2,2H3;1H2. The van der Waals surface area contributed by atoms with Gasteiger partial charge in [0.1, 0.15) is 0 Å². The van der Waals surface area contributed by atoms with Crippen molar-refractivity contribution in [2.45, 2.75) is 0 Å². The van der Waals surface area contributed by atoms with Crippen LogP contribution < -0.4 is 0 Å². The minimum absolute atomic E-state index is 0. The first kappa shape index (κ1) is 17.0. The van der Waals surface area contributed by atoms with Crippen molar-refractivity contribution in [3.63, 3.8) is 0 Å². The Balaban J connectivity index is -0.000000107. The summed E-state index contributed by atoms with van der Waals surface area (Å²) in [5, 5.41) is 0. The summed E-state index contributed by atoms with van der Waals surface area (Å²) in [5.74, 6) is 0. The van der Waals surface area contributed by atoms with Gasteiger partial charge in [-0.05, 0) is 0 Å².